The highest BCUT2D eigenvalue weighted by atomic mass is 16.5. The predicted molar refractivity (Wildman–Crippen MR) is 55.7 cm³/mol. The number of hydrogen-bond acceptors (Lipinski definition) is 3. The van der Waals surface area contributed by atoms with Crippen molar-refractivity contribution in [2.75, 3.05) is 13.7 Å². The van der Waals surface area contributed by atoms with Gasteiger partial charge in [0.2, 0.25) is 0 Å². The number of methoxy groups -OCH3 is 1. The third-order valence-electron chi connectivity index (χ3n) is 1.80. The minimum absolute atomic E-state index is 0.0562. The first-order valence-corrected chi connectivity index (χ1v) is 4.69. The van der Waals surface area contributed by atoms with Crippen LogP contribution in [-0.4, -0.2) is 19.7 Å². The van der Waals surface area contributed by atoms with E-state index in [1.807, 2.05) is 13.8 Å². The summed E-state index contributed by atoms with van der Waals surface area (Å²) in [6.45, 7) is 8.09. The molecule has 3 heteroatoms. The van der Waals surface area contributed by atoms with Gasteiger partial charge >= 0.3 is 5.97 Å². The van der Waals surface area contributed by atoms with Gasteiger partial charge in [-0.2, -0.15) is 0 Å². The van der Waals surface area contributed by atoms with Crippen molar-refractivity contribution in [3.05, 3.63) is 24.5 Å². The number of carbonyl (C=O) groups is 1. The van der Waals surface area contributed by atoms with Gasteiger partial charge in [-0.05, 0) is 6.42 Å². The SMILES string of the molecule is C=C[C@H](C)/C(=C/OCCC)C(=O)OC. The Labute approximate surface area is 85.4 Å². The number of rotatable bonds is 6. The highest BCUT2D eigenvalue weighted by molar-refractivity contribution is 5.88. The van der Waals surface area contributed by atoms with Gasteiger partial charge in [-0.3, -0.25) is 0 Å². The summed E-state index contributed by atoms with van der Waals surface area (Å²) >= 11 is 0. The van der Waals surface area contributed by atoms with Gasteiger partial charge in [0.15, 0.2) is 0 Å². The Morgan fingerprint density at radius 1 is 1.57 bits per heavy atom. The first kappa shape index (κ1) is 12.8. The Balaban J connectivity index is 4.45. The first-order chi connectivity index (χ1) is 6.67. The molecule has 0 spiro atoms. The molecule has 0 unspecified atom stereocenters. The molecule has 0 N–H and O–H groups in total. The van der Waals surface area contributed by atoms with Crippen molar-refractivity contribution in [1.29, 1.82) is 0 Å². The van der Waals surface area contributed by atoms with E-state index < -0.39 is 0 Å². The van der Waals surface area contributed by atoms with Crippen LogP contribution in [0.15, 0.2) is 24.5 Å². The molecule has 0 aromatic carbocycles. The molecule has 0 bridgehead atoms. The average molecular weight is 198 g/mol. The van der Waals surface area contributed by atoms with Gasteiger partial charge in [-0.1, -0.05) is 19.9 Å². The van der Waals surface area contributed by atoms with E-state index in [2.05, 4.69) is 11.3 Å². The normalized spacial score (nSPS) is 13.2. The smallest absolute Gasteiger partial charge is 0.337 e. The Morgan fingerprint density at radius 2 is 2.21 bits per heavy atom. The second kappa shape index (κ2) is 7.18. The van der Waals surface area contributed by atoms with Gasteiger partial charge < -0.3 is 9.47 Å². The van der Waals surface area contributed by atoms with Crippen LogP contribution < -0.4 is 0 Å². The lowest BCUT2D eigenvalue weighted by Crippen LogP contribution is -2.11. The zero-order chi connectivity index (χ0) is 11.0. The van der Waals surface area contributed by atoms with Crippen molar-refractivity contribution < 1.29 is 14.3 Å². The molecule has 0 aliphatic rings. The first-order valence-electron chi connectivity index (χ1n) is 4.69. The van der Waals surface area contributed by atoms with Crippen LogP contribution in [0.2, 0.25) is 0 Å². The van der Waals surface area contributed by atoms with Crippen LogP contribution in [0.4, 0.5) is 0 Å². The molecule has 1 atom stereocenters. The Hall–Kier alpha value is -1.25. The minimum Gasteiger partial charge on any atom is -0.501 e. The predicted octanol–water partition coefficient (Wildman–Crippen LogP) is 2.29. The topological polar surface area (TPSA) is 35.5 Å². The minimum atomic E-state index is -0.367. The van der Waals surface area contributed by atoms with Crippen LogP contribution in [0, 0.1) is 5.92 Å². The maximum absolute atomic E-state index is 11.3. The summed E-state index contributed by atoms with van der Waals surface area (Å²) in [5.41, 5.74) is 0.496. The molecule has 0 aromatic rings. The van der Waals surface area contributed by atoms with E-state index in [4.69, 9.17) is 4.74 Å². The zero-order valence-corrected chi connectivity index (χ0v) is 9.08. The molecular weight excluding hydrogens is 180 g/mol. The number of ether oxygens (including phenoxy) is 2. The molecule has 0 fully saturated rings. The van der Waals surface area contributed by atoms with E-state index in [9.17, 15) is 4.79 Å². The Kier molecular flexibility index (Phi) is 6.54. The fourth-order valence-electron chi connectivity index (χ4n) is 0.853. The van der Waals surface area contributed by atoms with Gasteiger partial charge in [0, 0.05) is 5.92 Å². The lowest BCUT2D eigenvalue weighted by molar-refractivity contribution is -0.136. The van der Waals surface area contributed by atoms with Crippen LogP contribution >= 0.6 is 0 Å². The molecule has 0 heterocycles. The quantitative estimate of drug-likeness (QED) is 0.216. The largest absolute Gasteiger partial charge is 0.501 e. The number of allylic oxidation sites excluding steroid dienone is 1. The lowest BCUT2D eigenvalue weighted by Gasteiger charge is -2.09. The second-order valence-electron chi connectivity index (χ2n) is 2.96. The summed E-state index contributed by atoms with van der Waals surface area (Å²) in [5, 5.41) is 0. The van der Waals surface area contributed by atoms with Crippen LogP contribution in [0.25, 0.3) is 0 Å². The van der Waals surface area contributed by atoms with Crippen LogP contribution in [0.1, 0.15) is 20.3 Å². The maximum Gasteiger partial charge on any atom is 0.337 e. The molecular formula is C11H18O3. The average Bonchev–Trinajstić information content (AvgIpc) is 2.22. The van der Waals surface area contributed by atoms with E-state index in [0.29, 0.717) is 12.2 Å². The fourth-order valence-corrected chi connectivity index (χ4v) is 0.853. The Bertz CT molecular complexity index is 219. The molecule has 14 heavy (non-hydrogen) atoms. The van der Waals surface area contributed by atoms with Gasteiger partial charge in [0.1, 0.15) is 0 Å². The van der Waals surface area contributed by atoms with Crippen molar-refractivity contribution in [3.8, 4) is 0 Å². The summed E-state index contributed by atoms with van der Waals surface area (Å²) in [4.78, 5) is 11.3. The summed E-state index contributed by atoms with van der Waals surface area (Å²) in [5.74, 6) is -0.423. The standard InChI is InChI=1S/C11H18O3/c1-5-7-14-8-10(9(3)6-2)11(12)13-4/h6,8-9H,2,5,7H2,1,3-4H3/b10-8-/t9-/m0/s1. The maximum atomic E-state index is 11.3. The molecule has 80 valence electrons. The van der Waals surface area contributed by atoms with Crippen LogP contribution in [0.5, 0.6) is 0 Å². The highest BCUT2D eigenvalue weighted by Crippen LogP contribution is 2.13. The number of esters is 1. The van der Waals surface area contributed by atoms with Crippen LogP contribution in [0.3, 0.4) is 0 Å². The van der Waals surface area contributed by atoms with Crippen LogP contribution in [-0.2, 0) is 14.3 Å². The molecule has 0 amide bonds. The molecule has 0 saturated carbocycles. The van der Waals surface area contributed by atoms with Crippen molar-refractivity contribution in [1.82, 2.24) is 0 Å². The van der Waals surface area contributed by atoms with Crippen molar-refractivity contribution >= 4 is 5.97 Å². The van der Waals surface area contributed by atoms with E-state index in [1.54, 1.807) is 6.08 Å². The number of carbonyl (C=O) groups excluding carboxylic acids is 1. The van der Waals surface area contributed by atoms with Gasteiger partial charge in [-0.15, -0.1) is 6.58 Å². The Morgan fingerprint density at radius 3 is 2.64 bits per heavy atom. The monoisotopic (exact) mass is 198 g/mol. The molecule has 0 rings (SSSR count). The molecule has 0 radical (unpaired) electrons. The van der Waals surface area contributed by atoms with E-state index in [1.165, 1.54) is 13.4 Å². The molecule has 3 nitrogen and oxygen atoms in total. The van der Waals surface area contributed by atoms with E-state index >= 15 is 0 Å². The van der Waals surface area contributed by atoms with Gasteiger partial charge in [0.25, 0.3) is 0 Å². The lowest BCUT2D eigenvalue weighted by atomic mass is 10.0. The van der Waals surface area contributed by atoms with Gasteiger partial charge in [-0.25, -0.2) is 4.79 Å². The summed E-state index contributed by atoms with van der Waals surface area (Å²) in [7, 11) is 1.35. The van der Waals surface area contributed by atoms with Crippen molar-refractivity contribution in [2.24, 2.45) is 5.92 Å². The number of hydrogen-bond donors (Lipinski definition) is 0. The summed E-state index contributed by atoms with van der Waals surface area (Å²) in [6.07, 6.45) is 4.05. The third-order valence-corrected chi connectivity index (χ3v) is 1.80. The molecule has 0 aromatic heterocycles. The highest BCUT2D eigenvalue weighted by Gasteiger charge is 2.15. The summed E-state index contributed by atoms with van der Waals surface area (Å²) < 4.78 is 9.81. The van der Waals surface area contributed by atoms with E-state index in [0.717, 1.165) is 6.42 Å². The fraction of sp³-hybridized carbons (Fsp3) is 0.545. The second-order valence-corrected chi connectivity index (χ2v) is 2.96. The van der Waals surface area contributed by atoms with Crippen molar-refractivity contribution in [3.63, 3.8) is 0 Å². The van der Waals surface area contributed by atoms with Crippen molar-refractivity contribution in [2.45, 2.75) is 20.3 Å². The molecule has 0 aliphatic heterocycles. The third kappa shape index (κ3) is 4.12. The van der Waals surface area contributed by atoms with Gasteiger partial charge in [0.05, 0.1) is 25.6 Å². The molecule has 0 aliphatic carbocycles. The zero-order valence-electron chi connectivity index (χ0n) is 9.08. The van der Waals surface area contributed by atoms with E-state index in [-0.39, 0.29) is 11.9 Å². The molecule has 0 saturated heterocycles. The summed E-state index contributed by atoms with van der Waals surface area (Å²) in [6, 6.07) is 0.